The van der Waals surface area contributed by atoms with Gasteiger partial charge >= 0.3 is 23.5 Å². The van der Waals surface area contributed by atoms with Crippen LogP contribution >= 0.6 is 23.5 Å². The Morgan fingerprint density at radius 3 is 1.91 bits per heavy atom. The zero-order chi connectivity index (χ0) is 17.3. The van der Waals surface area contributed by atoms with Crippen LogP contribution in [-0.4, -0.2) is 65.9 Å². The van der Waals surface area contributed by atoms with Crippen molar-refractivity contribution in [3.8, 4) is 0 Å². The van der Waals surface area contributed by atoms with Crippen LogP contribution < -0.4 is 0 Å². The second-order valence-electron chi connectivity index (χ2n) is 3.96. The molecule has 1 fully saturated rings. The van der Waals surface area contributed by atoms with Gasteiger partial charge in [-0.05, 0) is 0 Å². The Morgan fingerprint density at radius 2 is 1.45 bits per heavy atom. The number of aliphatic hydroxyl groups excluding tert-OH is 2. The fourth-order valence-corrected chi connectivity index (χ4v) is 3.40. The maximum atomic E-state index is 11.3. The summed E-state index contributed by atoms with van der Waals surface area (Å²) in [5.41, 5.74) is 0. The summed E-state index contributed by atoms with van der Waals surface area (Å²) in [7, 11) is -15.7. The second-order valence-corrected chi connectivity index (χ2v) is 7.98. The monoisotopic (exact) mass is 390 g/mol. The number of aliphatic hydroxyl groups is 2. The lowest BCUT2D eigenvalue weighted by Crippen LogP contribution is -2.34. The summed E-state index contributed by atoms with van der Waals surface area (Å²) in [4.78, 5) is 42.8. The number of phosphoric acid groups is 3. The lowest BCUT2D eigenvalue weighted by atomic mass is 10.1. The van der Waals surface area contributed by atoms with E-state index in [0.717, 1.165) is 0 Å². The van der Waals surface area contributed by atoms with Crippen LogP contribution in [0.1, 0.15) is 0 Å². The average Bonchev–Trinajstić information content (AvgIpc) is 2.49. The minimum absolute atomic E-state index is 0.905. The molecule has 0 spiro atoms. The zero-order valence-electron chi connectivity index (χ0n) is 10.3. The first-order chi connectivity index (χ1) is 9.70. The molecule has 1 heterocycles. The van der Waals surface area contributed by atoms with E-state index in [0.29, 0.717) is 0 Å². The van der Waals surface area contributed by atoms with E-state index >= 15 is 0 Å². The molecule has 0 saturated carbocycles. The van der Waals surface area contributed by atoms with Crippen LogP contribution in [0.4, 0.5) is 0 Å². The summed E-state index contributed by atoms with van der Waals surface area (Å²) >= 11 is 0. The summed E-state index contributed by atoms with van der Waals surface area (Å²) in [6, 6.07) is 0. The Balaban J connectivity index is 2.68. The predicted octanol–water partition coefficient (Wildman–Crippen LogP) is -2.23. The molecule has 0 aromatic heterocycles. The molecule has 17 heteroatoms. The van der Waals surface area contributed by atoms with Gasteiger partial charge in [0.25, 0.3) is 0 Å². The maximum absolute atomic E-state index is 11.3. The van der Waals surface area contributed by atoms with Crippen LogP contribution in [0.25, 0.3) is 0 Å². The highest BCUT2D eigenvalue weighted by Gasteiger charge is 2.48. The topological polar surface area (TPSA) is 230 Å². The van der Waals surface area contributed by atoms with Crippen molar-refractivity contribution in [2.24, 2.45) is 0 Å². The predicted molar refractivity (Wildman–Crippen MR) is 62.7 cm³/mol. The van der Waals surface area contributed by atoms with Crippen LogP contribution in [0, 0.1) is 0 Å². The second kappa shape index (κ2) is 7.01. The fourth-order valence-electron chi connectivity index (χ4n) is 1.39. The van der Waals surface area contributed by atoms with E-state index < -0.39 is 54.7 Å². The van der Waals surface area contributed by atoms with Crippen molar-refractivity contribution in [1.29, 1.82) is 0 Å². The molecule has 1 rings (SSSR count). The Kier molecular flexibility index (Phi) is 6.47. The van der Waals surface area contributed by atoms with Crippen LogP contribution in [0.5, 0.6) is 0 Å². The number of phosphoric ester groups is 2. The van der Waals surface area contributed by atoms with Gasteiger partial charge in [0.05, 0.1) is 6.61 Å². The molecule has 0 amide bonds. The van der Waals surface area contributed by atoms with Crippen molar-refractivity contribution in [1.82, 2.24) is 0 Å². The molecule has 7 N–H and O–H groups in total. The van der Waals surface area contributed by atoms with Gasteiger partial charge in [-0.25, -0.2) is 13.7 Å². The quantitative estimate of drug-likeness (QED) is 0.228. The van der Waals surface area contributed by atoms with Crippen molar-refractivity contribution in [3.63, 3.8) is 0 Å². The summed E-state index contributed by atoms with van der Waals surface area (Å²) in [6.45, 7) is -0.905. The van der Waals surface area contributed by atoms with Gasteiger partial charge in [0.15, 0.2) is 6.29 Å². The molecule has 0 aromatic rings. The Bertz CT molecular complexity index is 521. The van der Waals surface area contributed by atoms with Gasteiger partial charge < -0.3 is 39.4 Å². The van der Waals surface area contributed by atoms with Gasteiger partial charge in [-0.3, -0.25) is 9.05 Å². The van der Waals surface area contributed by atoms with Crippen LogP contribution in [-0.2, 0) is 31.8 Å². The van der Waals surface area contributed by atoms with Crippen molar-refractivity contribution in [3.05, 3.63) is 0 Å². The number of rotatable bonds is 7. The molecule has 0 aromatic carbocycles. The van der Waals surface area contributed by atoms with Gasteiger partial charge in [0, 0.05) is 0 Å². The Labute approximate surface area is 122 Å². The molecular formula is C5H13O14P3. The number of hydrogen-bond acceptors (Lipinski definition) is 9. The molecule has 1 aliphatic rings. The minimum atomic E-state index is -5.39. The third-order valence-electron chi connectivity index (χ3n) is 2.17. The average molecular weight is 390 g/mol. The molecule has 2 unspecified atom stereocenters. The molecule has 14 nitrogen and oxygen atoms in total. The summed E-state index contributed by atoms with van der Waals surface area (Å²) in [5.74, 6) is 0. The first-order valence-corrected chi connectivity index (χ1v) is 9.75. The summed E-state index contributed by atoms with van der Waals surface area (Å²) < 4.78 is 48.5. The summed E-state index contributed by atoms with van der Waals surface area (Å²) in [6.07, 6.45) is -7.43. The van der Waals surface area contributed by atoms with E-state index in [1.54, 1.807) is 0 Å². The van der Waals surface area contributed by atoms with E-state index in [1.807, 2.05) is 0 Å². The molecule has 22 heavy (non-hydrogen) atoms. The molecular weight excluding hydrogens is 377 g/mol. The van der Waals surface area contributed by atoms with Gasteiger partial charge in [-0.15, -0.1) is 0 Å². The largest absolute Gasteiger partial charge is 0.483 e. The highest BCUT2D eigenvalue weighted by Crippen LogP contribution is 2.58. The van der Waals surface area contributed by atoms with Crippen molar-refractivity contribution in [2.75, 3.05) is 6.61 Å². The molecule has 1 aliphatic heterocycles. The van der Waals surface area contributed by atoms with Crippen molar-refractivity contribution < 1.29 is 66.5 Å². The van der Waals surface area contributed by atoms with E-state index in [9.17, 15) is 23.9 Å². The van der Waals surface area contributed by atoms with Gasteiger partial charge in [-0.1, -0.05) is 0 Å². The first kappa shape index (κ1) is 20.3. The minimum Gasteiger partial charge on any atom is -0.387 e. The molecule has 5 atom stereocenters. The van der Waals surface area contributed by atoms with Crippen LogP contribution in [0.3, 0.4) is 0 Å². The van der Waals surface area contributed by atoms with E-state index in [-0.39, 0.29) is 0 Å². The van der Waals surface area contributed by atoms with E-state index in [1.165, 1.54) is 0 Å². The van der Waals surface area contributed by atoms with Gasteiger partial charge in [-0.2, -0.15) is 4.31 Å². The Morgan fingerprint density at radius 1 is 0.909 bits per heavy atom. The van der Waals surface area contributed by atoms with E-state index in [4.69, 9.17) is 24.5 Å². The Hall–Kier alpha value is 0.250. The number of ether oxygens (including phenoxy) is 1. The van der Waals surface area contributed by atoms with Crippen molar-refractivity contribution >= 4 is 23.5 Å². The zero-order valence-corrected chi connectivity index (χ0v) is 13.0. The standard InChI is InChI=1S/C5H13O14P3/c6-3-2(1-16-20(8,9)10)17-5(4(3)7)18-22(14,15)19-21(11,12)13/h2-7H,1H2,(H,14,15)(H2,8,9,10)(H2,11,12,13)/t2-,3-,4-,5?/m1/s1. The lowest BCUT2D eigenvalue weighted by molar-refractivity contribution is -0.125. The SMILES string of the molecule is O=P(O)(O)OC[C@H]1OC(OP(=O)(O)OP(=O)(O)O)[C@H](O)[C@@H]1O. The normalized spacial score (nSPS) is 32.9. The highest BCUT2D eigenvalue weighted by molar-refractivity contribution is 7.60. The lowest BCUT2D eigenvalue weighted by Gasteiger charge is -2.18. The molecule has 0 radical (unpaired) electrons. The summed E-state index contributed by atoms with van der Waals surface area (Å²) in [5, 5.41) is 19.0. The van der Waals surface area contributed by atoms with Gasteiger partial charge in [0.1, 0.15) is 18.3 Å². The van der Waals surface area contributed by atoms with Crippen LogP contribution in [0.2, 0.25) is 0 Å². The fraction of sp³-hybridized carbons (Fsp3) is 1.00. The third-order valence-corrected chi connectivity index (χ3v) is 4.81. The number of hydrogen-bond donors (Lipinski definition) is 7. The van der Waals surface area contributed by atoms with Crippen molar-refractivity contribution in [2.45, 2.75) is 24.6 Å². The molecule has 0 bridgehead atoms. The van der Waals surface area contributed by atoms with Gasteiger partial charge in [0.2, 0.25) is 0 Å². The van der Waals surface area contributed by atoms with Crippen LogP contribution in [0.15, 0.2) is 0 Å². The highest BCUT2D eigenvalue weighted by atomic mass is 31.3. The van der Waals surface area contributed by atoms with E-state index in [2.05, 4.69) is 18.1 Å². The molecule has 1 saturated heterocycles. The molecule has 132 valence electrons. The maximum Gasteiger partial charge on any atom is 0.483 e. The smallest absolute Gasteiger partial charge is 0.387 e. The third kappa shape index (κ3) is 6.79. The first-order valence-electron chi connectivity index (χ1n) is 5.20. The molecule has 0 aliphatic carbocycles.